The molecule has 4 amide bonds. The molecule has 0 aliphatic carbocycles. The van der Waals surface area contributed by atoms with Gasteiger partial charge in [0.25, 0.3) is 5.91 Å². The number of hydrogen-bond donors (Lipinski definition) is 2. The number of morpholine rings is 1. The molecule has 0 unspecified atom stereocenters. The average molecular weight is 512 g/mol. The first-order chi connectivity index (χ1) is 17.8. The third kappa shape index (κ3) is 6.56. The molecule has 0 radical (unpaired) electrons. The summed E-state index contributed by atoms with van der Waals surface area (Å²) >= 11 is 0. The lowest BCUT2D eigenvalue weighted by atomic mass is 10.1. The molecule has 2 saturated heterocycles. The molecular weight excluding hydrogens is 477 g/mol. The SMILES string of the molecule is CC(C)C(=O)Nc1ccc(N2CCCN(C(=O)Nc3ccccc3F)CC2)c(C(=O)N2CCOCC2)c1. The van der Waals surface area contributed by atoms with E-state index in [1.807, 2.05) is 19.9 Å². The molecule has 0 spiro atoms. The van der Waals surface area contributed by atoms with E-state index in [9.17, 15) is 18.8 Å². The quantitative estimate of drug-likeness (QED) is 0.639. The number of rotatable bonds is 5. The summed E-state index contributed by atoms with van der Waals surface area (Å²) in [6, 6.07) is 11.1. The molecule has 2 aliphatic heterocycles. The summed E-state index contributed by atoms with van der Waals surface area (Å²) in [5, 5.41) is 5.54. The molecule has 198 valence electrons. The topological polar surface area (TPSA) is 94.2 Å². The van der Waals surface area contributed by atoms with Crippen LogP contribution >= 0.6 is 0 Å². The maximum Gasteiger partial charge on any atom is 0.321 e. The third-order valence-corrected chi connectivity index (χ3v) is 6.56. The Kier molecular flexibility index (Phi) is 8.60. The van der Waals surface area contributed by atoms with Crippen molar-refractivity contribution in [3.05, 3.63) is 53.8 Å². The van der Waals surface area contributed by atoms with Crippen LogP contribution < -0.4 is 15.5 Å². The van der Waals surface area contributed by atoms with Gasteiger partial charge in [0.1, 0.15) is 5.82 Å². The van der Waals surface area contributed by atoms with Crippen LogP contribution in [0.4, 0.5) is 26.2 Å². The Hall–Kier alpha value is -3.66. The van der Waals surface area contributed by atoms with E-state index in [-0.39, 0.29) is 29.5 Å². The van der Waals surface area contributed by atoms with Crippen molar-refractivity contribution in [3.63, 3.8) is 0 Å². The van der Waals surface area contributed by atoms with Gasteiger partial charge in [0.05, 0.1) is 24.5 Å². The minimum absolute atomic E-state index is 0.114. The van der Waals surface area contributed by atoms with Gasteiger partial charge in [-0.3, -0.25) is 9.59 Å². The van der Waals surface area contributed by atoms with Gasteiger partial charge in [-0.2, -0.15) is 0 Å². The van der Waals surface area contributed by atoms with Gasteiger partial charge in [0.15, 0.2) is 0 Å². The highest BCUT2D eigenvalue weighted by Gasteiger charge is 2.26. The Morgan fingerprint density at radius 2 is 1.65 bits per heavy atom. The highest BCUT2D eigenvalue weighted by molar-refractivity contribution is 6.02. The fourth-order valence-corrected chi connectivity index (χ4v) is 4.40. The molecular formula is C27H34FN5O4. The summed E-state index contributed by atoms with van der Waals surface area (Å²) in [6.45, 7) is 7.68. The van der Waals surface area contributed by atoms with E-state index in [1.165, 1.54) is 12.1 Å². The van der Waals surface area contributed by atoms with Crippen LogP contribution in [0.25, 0.3) is 0 Å². The lowest BCUT2D eigenvalue weighted by Gasteiger charge is -2.30. The number of carbonyl (C=O) groups excluding carboxylic acids is 3. The van der Waals surface area contributed by atoms with Crippen molar-refractivity contribution >= 4 is 34.9 Å². The fourth-order valence-electron chi connectivity index (χ4n) is 4.40. The second kappa shape index (κ2) is 12.1. The van der Waals surface area contributed by atoms with Crippen molar-refractivity contribution in [1.29, 1.82) is 0 Å². The Labute approximate surface area is 216 Å². The first-order valence-electron chi connectivity index (χ1n) is 12.7. The zero-order chi connectivity index (χ0) is 26.4. The molecule has 37 heavy (non-hydrogen) atoms. The van der Waals surface area contributed by atoms with Gasteiger partial charge in [0, 0.05) is 56.6 Å². The normalized spacial score (nSPS) is 16.4. The highest BCUT2D eigenvalue weighted by atomic mass is 19.1. The number of urea groups is 1. The van der Waals surface area contributed by atoms with E-state index in [1.54, 1.807) is 34.1 Å². The van der Waals surface area contributed by atoms with Gasteiger partial charge in [0.2, 0.25) is 5.91 Å². The summed E-state index contributed by atoms with van der Waals surface area (Å²) in [5.74, 6) is -0.908. The number of nitrogens with zero attached hydrogens (tertiary/aromatic N) is 3. The van der Waals surface area contributed by atoms with Crippen LogP contribution in [-0.4, -0.2) is 80.1 Å². The predicted octanol–water partition coefficient (Wildman–Crippen LogP) is 3.64. The average Bonchev–Trinajstić information content (AvgIpc) is 3.16. The number of anilines is 3. The standard InChI is InChI=1S/C27H34FN5O4/c1-19(2)25(34)29-20-8-9-24(21(18-20)26(35)32-14-16-37-17-15-32)31-10-5-11-33(13-12-31)27(36)30-23-7-4-3-6-22(23)28/h3-4,6-9,18-19H,5,10-17H2,1-2H3,(H,29,34)(H,30,36). The van der Waals surface area contributed by atoms with Crippen molar-refractivity contribution < 1.29 is 23.5 Å². The zero-order valence-corrected chi connectivity index (χ0v) is 21.3. The van der Waals surface area contributed by atoms with E-state index < -0.39 is 5.82 Å². The highest BCUT2D eigenvalue weighted by Crippen LogP contribution is 2.28. The lowest BCUT2D eigenvalue weighted by Crippen LogP contribution is -2.42. The summed E-state index contributed by atoms with van der Waals surface area (Å²) in [6.07, 6.45) is 0.682. The van der Waals surface area contributed by atoms with E-state index >= 15 is 0 Å². The van der Waals surface area contributed by atoms with Gasteiger partial charge in [-0.1, -0.05) is 26.0 Å². The number of hydrogen-bond acceptors (Lipinski definition) is 5. The molecule has 0 atom stereocenters. The van der Waals surface area contributed by atoms with Crippen LogP contribution in [0, 0.1) is 11.7 Å². The van der Waals surface area contributed by atoms with Crippen LogP contribution in [0.5, 0.6) is 0 Å². The van der Waals surface area contributed by atoms with Crippen LogP contribution in [0.1, 0.15) is 30.6 Å². The van der Waals surface area contributed by atoms with Crippen molar-refractivity contribution in [2.24, 2.45) is 5.92 Å². The number of benzene rings is 2. The van der Waals surface area contributed by atoms with Crippen LogP contribution in [0.3, 0.4) is 0 Å². The zero-order valence-electron chi connectivity index (χ0n) is 21.3. The predicted molar refractivity (Wildman–Crippen MR) is 140 cm³/mol. The number of nitrogens with one attached hydrogen (secondary N) is 2. The fraction of sp³-hybridized carbons (Fsp3) is 0.444. The Morgan fingerprint density at radius 3 is 2.38 bits per heavy atom. The number of halogens is 1. The lowest BCUT2D eigenvalue weighted by molar-refractivity contribution is -0.118. The largest absolute Gasteiger partial charge is 0.378 e. The molecule has 10 heteroatoms. The second-order valence-corrected chi connectivity index (χ2v) is 9.52. The summed E-state index contributed by atoms with van der Waals surface area (Å²) in [7, 11) is 0. The number of carbonyl (C=O) groups is 3. The number of ether oxygens (including phenoxy) is 1. The first-order valence-corrected chi connectivity index (χ1v) is 12.7. The van der Waals surface area contributed by atoms with E-state index in [0.717, 1.165) is 5.69 Å². The minimum Gasteiger partial charge on any atom is -0.378 e. The smallest absolute Gasteiger partial charge is 0.321 e. The Balaban J connectivity index is 1.52. The van der Waals surface area contributed by atoms with E-state index in [2.05, 4.69) is 15.5 Å². The van der Waals surface area contributed by atoms with Gasteiger partial charge >= 0.3 is 6.03 Å². The maximum absolute atomic E-state index is 14.0. The summed E-state index contributed by atoms with van der Waals surface area (Å²) < 4.78 is 19.4. The van der Waals surface area contributed by atoms with Crippen molar-refractivity contribution in [2.45, 2.75) is 20.3 Å². The molecule has 4 rings (SSSR count). The van der Waals surface area contributed by atoms with E-state index in [4.69, 9.17) is 4.74 Å². The Morgan fingerprint density at radius 1 is 0.892 bits per heavy atom. The van der Waals surface area contributed by atoms with Crippen molar-refractivity contribution in [3.8, 4) is 0 Å². The monoisotopic (exact) mass is 511 g/mol. The molecule has 2 N–H and O–H groups in total. The first kappa shape index (κ1) is 26.4. The number of amides is 4. The molecule has 2 heterocycles. The molecule has 0 saturated carbocycles. The maximum atomic E-state index is 14.0. The molecule has 9 nitrogen and oxygen atoms in total. The van der Waals surface area contributed by atoms with Gasteiger partial charge < -0.3 is 30.1 Å². The summed E-state index contributed by atoms with van der Waals surface area (Å²) in [4.78, 5) is 44.2. The molecule has 2 aromatic rings. The third-order valence-electron chi connectivity index (χ3n) is 6.56. The molecule has 0 bridgehead atoms. The van der Waals surface area contributed by atoms with Crippen LogP contribution in [0.15, 0.2) is 42.5 Å². The van der Waals surface area contributed by atoms with Crippen molar-refractivity contribution in [1.82, 2.24) is 9.80 Å². The van der Waals surface area contributed by atoms with Crippen LogP contribution in [-0.2, 0) is 9.53 Å². The molecule has 2 fully saturated rings. The van der Waals surface area contributed by atoms with Gasteiger partial charge in [-0.25, -0.2) is 9.18 Å². The minimum atomic E-state index is -0.483. The summed E-state index contributed by atoms with van der Waals surface area (Å²) in [5.41, 5.74) is 1.98. The molecule has 2 aromatic carbocycles. The Bertz CT molecular complexity index is 1140. The molecule has 0 aromatic heterocycles. The van der Waals surface area contributed by atoms with Gasteiger partial charge in [-0.05, 0) is 36.8 Å². The molecule has 2 aliphatic rings. The van der Waals surface area contributed by atoms with E-state index in [0.29, 0.717) is 70.2 Å². The van der Waals surface area contributed by atoms with Crippen molar-refractivity contribution in [2.75, 3.05) is 68.0 Å². The van der Waals surface area contributed by atoms with Crippen LogP contribution in [0.2, 0.25) is 0 Å². The number of para-hydroxylation sites is 1. The second-order valence-electron chi connectivity index (χ2n) is 9.52. The van der Waals surface area contributed by atoms with Gasteiger partial charge in [-0.15, -0.1) is 0 Å².